The van der Waals surface area contributed by atoms with E-state index in [-0.39, 0.29) is 5.82 Å². The number of para-hydroxylation sites is 1. The molecule has 4 nitrogen and oxygen atoms in total. The zero-order valence-electron chi connectivity index (χ0n) is 16.1. The number of aldehydes is 1. The summed E-state index contributed by atoms with van der Waals surface area (Å²) in [7, 11) is 0. The van der Waals surface area contributed by atoms with Crippen molar-refractivity contribution in [1.82, 2.24) is 0 Å². The van der Waals surface area contributed by atoms with Crippen molar-refractivity contribution in [3.63, 3.8) is 0 Å². The molecule has 0 aromatic heterocycles. The summed E-state index contributed by atoms with van der Waals surface area (Å²) in [6.45, 7) is 2.01. The van der Waals surface area contributed by atoms with Crippen molar-refractivity contribution in [3.8, 4) is 5.75 Å². The maximum absolute atomic E-state index is 14.2. The van der Waals surface area contributed by atoms with Gasteiger partial charge in [0.1, 0.15) is 24.5 Å². The summed E-state index contributed by atoms with van der Waals surface area (Å²) in [5.74, 6) is 0.584. The van der Waals surface area contributed by atoms with Crippen molar-refractivity contribution >= 4 is 23.3 Å². The van der Waals surface area contributed by atoms with Crippen LogP contribution in [0.1, 0.15) is 17.5 Å². The summed E-state index contributed by atoms with van der Waals surface area (Å²) in [5.41, 5.74) is 4.53. The van der Waals surface area contributed by atoms with Crippen LogP contribution in [-0.4, -0.2) is 19.4 Å². The number of aryl methyl sites for hydroxylation is 1. The number of carbonyl (C=O) groups excluding carboxylic acids is 1. The van der Waals surface area contributed by atoms with E-state index in [1.54, 1.807) is 6.07 Å². The molecule has 29 heavy (non-hydrogen) atoms. The molecular formula is C24H23FN2O2. The summed E-state index contributed by atoms with van der Waals surface area (Å²) in [6, 6.07) is 21.5. The highest BCUT2D eigenvalue weighted by Crippen LogP contribution is 2.37. The fourth-order valence-electron chi connectivity index (χ4n) is 3.53. The van der Waals surface area contributed by atoms with Gasteiger partial charge in [0.25, 0.3) is 0 Å². The monoisotopic (exact) mass is 390 g/mol. The zero-order valence-corrected chi connectivity index (χ0v) is 16.1. The van der Waals surface area contributed by atoms with Gasteiger partial charge in [-0.15, -0.1) is 0 Å². The molecule has 0 unspecified atom stereocenters. The Hall–Kier alpha value is -3.34. The van der Waals surface area contributed by atoms with Gasteiger partial charge in [-0.3, -0.25) is 0 Å². The van der Waals surface area contributed by atoms with Gasteiger partial charge in [-0.1, -0.05) is 30.3 Å². The normalized spacial score (nSPS) is 12.8. The van der Waals surface area contributed by atoms with Gasteiger partial charge in [-0.25, -0.2) is 4.39 Å². The topological polar surface area (TPSA) is 41.6 Å². The molecule has 1 aliphatic rings. The minimum absolute atomic E-state index is 0.286. The van der Waals surface area contributed by atoms with Crippen LogP contribution in [-0.2, 0) is 17.8 Å². The minimum atomic E-state index is -0.286. The predicted octanol–water partition coefficient (Wildman–Crippen LogP) is 5.10. The third-order valence-corrected chi connectivity index (χ3v) is 5.04. The Bertz CT molecular complexity index is 991. The molecule has 3 aromatic rings. The summed E-state index contributed by atoms with van der Waals surface area (Å²) in [4.78, 5) is 12.7. The van der Waals surface area contributed by atoms with Gasteiger partial charge in [-0.05, 0) is 53.9 Å². The summed E-state index contributed by atoms with van der Waals surface area (Å²) in [5, 5.41) is 3.28. The van der Waals surface area contributed by atoms with Gasteiger partial charge in [0.05, 0.1) is 12.2 Å². The second-order valence-electron chi connectivity index (χ2n) is 7.00. The average molecular weight is 390 g/mol. The first kappa shape index (κ1) is 19.0. The number of hydrogen-bond acceptors (Lipinski definition) is 4. The largest absolute Gasteiger partial charge is 0.490 e. The Morgan fingerprint density at radius 3 is 2.72 bits per heavy atom. The van der Waals surface area contributed by atoms with E-state index in [4.69, 9.17) is 4.74 Å². The molecule has 0 fully saturated rings. The number of fused-ring (bicyclic) bond motifs is 1. The van der Waals surface area contributed by atoms with Crippen molar-refractivity contribution in [1.29, 1.82) is 0 Å². The van der Waals surface area contributed by atoms with Crippen LogP contribution in [0.25, 0.3) is 0 Å². The number of nitrogens with one attached hydrogen (secondary N) is 1. The molecule has 0 aliphatic carbocycles. The van der Waals surface area contributed by atoms with Crippen molar-refractivity contribution in [2.45, 2.75) is 19.4 Å². The van der Waals surface area contributed by atoms with Gasteiger partial charge >= 0.3 is 0 Å². The van der Waals surface area contributed by atoms with Crippen LogP contribution in [0.2, 0.25) is 0 Å². The Morgan fingerprint density at radius 1 is 1.07 bits per heavy atom. The van der Waals surface area contributed by atoms with Gasteiger partial charge in [0.15, 0.2) is 0 Å². The van der Waals surface area contributed by atoms with Crippen LogP contribution in [0, 0.1) is 5.82 Å². The van der Waals surface area contributed by atoms with E-state index >= 15 is 0 Å². The molecule has 0 radical (unpaired) electrons. The Morgan fingerprint density at radius 2 is 1.93 bits per heavy atom. The smallest absolute Gasteiger partial charge is 0.143 e. The highest BCUT2D eigenvalue weighted by atomic mass is 19.1. The number of anilines is 3. The summed E-state index contributed by atoms with van der Waals surface area (Å²) in [6.07, 6.45) is 1.57. The highest BCUT2D eigenvalue weighted by Gasteiger charge is 2.19. The van der Waals surface area contributed by atoms with Crippen LogP contribution >= 0.6 is 0 Å². The maximum Gasteiger partial charge on any atom is 0.143 e. The average Bonchev–Trinajstić information content (AvgIpc) is 2.77. The molecule has 3 aromatic carbocycles. The second-order valence-corrected chi connectivity index (χ2v) is 7.00. The van der Waals surface area contributed by atoms with Crippen LogP contribution in [0.4, 0.5) is 21.5 Å². The standard InChI is InChI=1S/C24H23FN2O2/c25-22-16-20(10-9-19(22)5-4-13-28)26-17-18-8-11-24-23(15-18)27(12-14-29-24)21-6-2-1-3-7-21/h1-3,6-11,13,15-16,26H,4-5,12,14,17H2. The van der Waals surface area contributed by atoms with Crippen LogP contribution in [0.5, 0.6) is 5.75 Å². The fraction of sp³-hybridized carbons (Fsp3) is 0.208. The van der Waals surface area contributed by atoms with E-state index in [1.807, 2.05) is 36.4 Å². The zero-order chi connectivity index (χ0) is 20.1. The lowest BCUT2D eigenvalue weighted by Crippen LogP contribution is -2.28. The molecule has 1 heterocycles. The molecule has 4 rings (SSSR count). The van der Waals surface area contributed by atoms with Crippen molar-refractivity contribution in [3.05, 3.63) is 83.7 Å². The molecular weight excluding hydrogens is 367 g/mol. The Labute approximate surface area is 169 Å². The van der Waals surface area contributed by atoms with E-state index in [0.717, 1.165) is 35.5 Å². The lowest BCUT2D eigenvalue weighted by molar-refractivity contribution is -0.107. The molecule has 148 valence electrons. The number of hydrogen-bond donors (Lipinski definition) is 1. The molecule has 0 atom stereocenters. The van der Waals surface area contributed by atoms with E-state index in [0.29, 0.717) is 37.2 Å². The van der Waals surface area contributed by atoms with Crippen LogP contribution < -0.4 is 15.0 Å². The number of carbonyl (C=O) groups is 1. The third-order valence-electron chi connectivity index (χ3n) is 5.04. The van der Waals surface area contributed by atoms with E-state index < -0.39 is 0 Å². The maximum atomic E-state index is 14.2. The number of ether oxygens (including phenoxy) is 1. The van der Waals surface area contributed by atoms with Crippen molar-refractivity contribution in [2.24, 2.45) is 0 Å². The van der Waals surface area contributed by atoms with E-state index in [2.05, 4.69) is 28.4 Å². The number of rotatable bonds is 7. The second kappa shape index (κ2) is 8.78. The van der Waals surface area contributed by atoms with Crippen LogP contribution in [0.3, 0.4) is 0 Å². The molecule has 0 amide bonds. The molecule has 0 saturated carbocycles. The van der Waals surface area contributed by atoms with E-state index in [9.17, 15) is 9.18 Å². The van der Waals surface area contributed by atoms with Gasteiger partial charge in [0.2, 0.25) is 0 Å². The van der Waals surface area contributed by atoms with E-state index in [1.165, 1.54) is 6.07 Å². The third kappa shape index (κ3) is 4.40. The molecule has 1 N–H and O–H groups in total. The molecule has 0 saturated heterocycles. The summed E-state index contributed by atoms with van der Waals surface area (Å²) >= 11 is 0. The minimum Gasteiger partial charge on any atom is -0.490 e. The van der Waals surface area contributed by atoms with Gasteiger partial charge in [-0.2, -0.15) is 0 Å². The first-order valence-electron chi connectivity index (χ1n) is 9.79. The van der Waals surface area contributed by atoms with Gasteiger partial charge < -0.3 is 19.7 Å². The number of benzene rings is 3. The van der Waals surface area contributed by atoms with Crippen molar-refractivity contribution < 1.29 is 13.9 Å². The molecule has 1 aliphatic heterocycles. The van der Waals surface area contributed by atoms with Gasteiger partial charge in [0, 0.05) is 24.3 Å². The highest BCUT2D eigenvalue weighted by molar-refractivity contribution is 5.71. The first-order valence-corrected chi connectivity index (χ1v) is 9.79. The lowest BCUT2D eigenvalue weighted by atomic mass is 10.1. The fourth-order valence-corrected chi connectivity index (χ4v) is 3.53. The molecule has 5 heteroatoms. The number of halogens is 1. The summed E-state index contributed by atoms with van der Waals surface area (Å²) < 4.78 is 20.0. The number of nitrogens with zero attached hydrogens (tertiary/aromatic N) is 1. The lowest BCUT2D eigenvalue weighted by Gasteiger charge is -2.31. The Kier molecular flexibility index (Phi) is 5.75. The molecule has 0 spiro atoms. The first-order chi connectivity index (χ1) is 14.2. The quantitative estimate of drug-likeness (QED) is 0.570. The SMILES string of the molecule is O=CCCc1ccc(NCc2ccc3c(c2)N(c2ccccc2)CCO3)cc1F. The predicted molar refractivity (Wildman–Crippen MR) is 113 cm³/mol. The van der Waals surface area contributed by atoms with Crippen molar-refractivity contribution in [2.75, 3.05) is 23.4 Å². The Balaban J connectivity index is 1.49. The van der Waals surface area contributed by atoms with Crippen LogP contribution in [0.15, 0.2) is 66.7 Å². The molecule has 0 bridgehead atoms.